The SMILES string of the molecule is C[C@@H](CO)NC(=O)c1cn(CCCNc2ccc([N+](=O)[O-])c(N)n2)cc1-c1ccc(-n2ccnc2)cc1. The molecule has 1 amide bonds. The van der Waals surface area contributed by atoms with Gasteiger partial charge in [-0.25, -0.2) is 9.97 Å². The van der Waals surface area contributed by atoms with Crippen molar-refractivity contribution in [3.63, 3.8) is 0 Å². The Morgan fingerprint density at radius 3 is 2.65 bits per heavy atom. The van der Waals surface area contributed by atoms with E-state index in [1.165, 1.54) is 12.1 Å². The van der Waals surface area contributed by atoms with Gasteiger partial charge in [-0.05, 0) is 37.1 Å². The molecule has 192 valence electrons. The number of hydrogen-bond donors (Lipinski definition) is 4. The van der Waals surface area contributed by atoms with Crippen molar-refractivity contribution < 1.29 is 14.8 Å². The van der Waals surface area contributed by atoms with Crippen molar-refractivity contribution in [3.8, 4) is 16.8 Å². The average Bonchev–Trinajstić information content (AvgIpc) is 3.57. The Hall–Kier alpha value is -4.71. The second-order valence-corrected chi connectivity index (χ2v) is 8.54. The highest BCUT2D eigenvalue weighted by Gasteiger charge is 2.18. The number of carbonyl (C=O) groups is 1. The summed E-state index contributed by atoms with van der Waals surface area (Å²) in [7, 11) is 0. The number of aliphatic hydroxyl groups is 1. The third-order valence-corrected chi connectivity index (χ3v) is 5.76. The summed E-state index contributed by atoms with van der Waals surface area (Å²) < 4.78 is 3.84. The first kappa shape index (κ1) is 25.4. The number of carbonyl (C=O) groups excluding carboxylic acids is 1. The lowest BCUT2D eigenvalue weighted by atomic mass is 10.0. The van der Waals surface area contributed by atoms with Crippen molar-refractivity contribution in [2.24, 2.45) is 0 Å². The quantitative estimate of drug-likeness (QED) is 0.137. The zero-order valence-corrected chi connectivity index (χ0v) is 20.2. The fraction of sp³-hybridized carbons (Fsp3) is 0.240. The minimum absolute atomic E-state index is 0.142. The van der Waals surface area contributed by atoms with E-state index < -0.39 is 4.92 Å². The first-order valence-corrected chi connectivity index (χ1v) is 11.7. The number of rotatable bonds is 11. The van der Waals surface area contributed by atoms with Gasteiger partial charge in [0.2, 0.25) is 5.82 Å². The van der Waals surface area contributed by atoms with E-state index in [2.05, 4.69) is 20.6 Å². The number of imidazole rings is 1. The highest BCUT2D eigenvalue weighted by atomic mass is 16.6. The molecule has 37 heavy (non-hydrogen) atoms. The predicted molar refractivity (Wildman–Crippen MR) is 139 cm³/mol. The topological polar surface area (TPSA) is 166 Å². The largest absolute Gasteiger partial charge is 0.394 e. The van der Waals surface area contributed by atoms with Crippen LogP contribution in [0.4, 0.5) is 17.3 Å². The number of nitrogens with one attached hydrogen (secondary N) is 2. The summed E-state index contributed by atoms with van der Waals surface area (Å²) in [4.78, 5) is 31.4. The Balaban J connectivity index is 1.47. The van der Waals surface area contributed by atoms with Gasteiger partial charge >= 0.3 is 5.69 Å². The van der Waals surface area contributed by atoms with Crippen molar-refractivity contribution in [1.82, 2.24) is 24.4 Å². The normalized spacial score (nSPS) is 11.7. The van der Waals surface area contributed by atoms with Crippen LogP contribution in [0.15, 0.2) is 67.5 Å². The number of aromatic nitrogens is 4. The van der Waals surface area contributed by atoms with Gasteiger partial charge in [0.15, 0.2) is 0 Å². The van der Waals surface area contributed by atoms with Crippen LogP contribution in [-0.4, -0.2) is 54.2 Å². The summed E-state index contributed by atoms with van der Waals surface area (Å²) in [6.07, 6.45) is 9.69. The number of nitro groups is 1. The van der Waals surface area contributed by atoms with Gasteiger partial charge in [0.1, 0.15) is 5.82 Å². The standard InChI is InChI=1S/C25H28N8O4/c1-17(15-34)29-25(35)21-14-31(11-2-9-28-23-8-7-22(33(36)37)24(26)30-23)13-20(21)18-3-5-19(6-4-18)32-12-10-27-16-32/h3-8,10,12-14,16-17,34H,2,9,11,15H2,1H3,(H,29,35)(H3,26,28,30)/t17-/m0/s1. The molecule has 0 aliphatic rings. The number of anilines is 2. The van der Waals surface area contributed by atoms with Crippen LogP contribution < -0.4 is 16.4 Å². The number of aryl methyl sites for hydroxylation is 1. The molecule has 0 bridgehead atoms. The van der Waals surface area contributed by atoms with Crippen LogP contribution in [0.2, 0.25) is 0 Å². The number of amides is 1. The summed E-state index contributed by atoms with van der Waals surface area (Å²) in [6.45, 7) is 2.73. The Morgan fingerprint density at radius 2 is 2.00 bits per heavy atom. The van der Waals surface area contributed by atoms with Gasteiger partial charge in [-0.1, -0.05) is 12.1 Å². The van der Waals surface area contributed by atoms with Crippen LogP contribution in [0.3, 0.4) is 0 Å². The van der Waals surface area contributed by atoms with Crippen LogP contribution in [0.25, 0.3) is 16.8 Å². The number of nitrogens with two attached hydrogens (primary N) is 1. The monoisotopic (exact) mass is 504 g/mol. The van der Waals surface area contributed by atoms with E-state index in [0.717, 1.165) is 16.8 Å². The average molecular weight is 505 g/mol. The minimum atomic E-state index is -0.573. The molecule has 3 heterocycles. The molecule has 0 saturated heterocycles. The molecule has 4 aromatic rings. The molecule has 5 N–H and O–H groups in total. The number of benzene rings is 1. The Kier molecular flexibility index (Phi) is 7.79. The van der Waals surface area contributed by atoms with Crippen LogP contribution in [-0.2, 0) is 6.54 Å². The van der Waals surface area contributed by atoms with Gasteiger partial charge in [0.25, 0.3) is 5.91 Å². The number of aliphatic hydroxyl groups excluding tert-OH is 1. The lowest BCUT2D eigenvalue weighted by molar-refractivity contribution is -0.384. The molecule has 4 rings (SSSR count). The lowest BCUT2D eigenvalue weighted by Crippen LogP contribution is -2.35. The summed E-state index contributed by atoms with van der Waals surface area (Å²) in [5.41, 5.74) is 8.53. The Morgan fingerprint density at radius 1 is 1.22 bits per heavy atom. The maximum absolute atomic E-state index is 13.0. The molecular weight excluding hydrogens is 476 g/mol. The zero-order chi connectivity index (χ0) is 26.4. The van der Waals surface area contributed by atoms with E-state index in [1.54, 1.807) is 25.6 Å². The van der Waals surface area contributed by atoms with Crippen LogP contribution >= 0.6 is 0 Å². The molecule has 0 fully saturated rings. The predicted octanol–water partition coefficient (Wildman–Crippen LogP) is 2.84. The smallest absolute Gasteiger partial charge is 0.311 e. The second kappa shape index (κ2) is 11.4. The third-order valence-electron chi connectivity index (χ3n) is 5.76. The molecule has 12 nitrogen and oxygen atoms in total. The molecule has 0 aliphatic carbocycles. The molecular formula is C25H28N8O4. The zero-order valence-electron chi connectivity index (χ0n) is 20.2. The summed E-state index contributed by atoms with van der Waals surface area (Å²) >= 11 is 0. The molecule has 12 heteroatoms. The minimum Gasteiger partial charge on any atom is -0.394 e. The van der Waals surface area contributed by atoms with E-state index in [-0.39, 0.29) is 30.1 Å². The molecule has 1 aromatic carbocycles. The first-order valence-electron chi connectivity index (χ1n) is 11.7. The van der Waals surface area contributed by atoms with Gasteiger partial charge in [-0.2, -0.15) is 0 Å². The highest BCUT2D eigenvalue weighted by molar-refractivity contribution is 6.01. The summed E-state index contributed by atoms with van der Waals surface area (Å²) in [6, 6.07) is 10.3. The van der Waals surface area contributed by atoms with Crippen LogP contribution in [0.5, 0.6) is 0 Å². The fourth-order valence-corrected chi connectivity index (χ4v) is 3.82. The summed E-state index contributed by atoms with van der Waals surface area (Å²) in [5.74, 6) is 0.0434. The highest BCUT2D eigenvalue weighted by Crippen LogP contribution is 2.27. The molecule has 0 radical (unpaired) electrons. The number of nitrogens with zero attached hydrogens (tertiary/aromatic N) is 5. The fourth-order valence-electron chi connectivity index (χ4n) is 3.82. The molecule has 1 atom stereocenters. The van der Waals surface area contributed by atoms with Crippen LogP contribution in [0, 0.1) is 10.1 Å². The van der Waals surface area contributed by atoms with Crippen LogP contribution in [0.1, 0.15) is 23.7 Å². The van der Waals surface area contributed by atoms with E-state index in [1.807, 2.05) is 45.8 Å². The third kappa shape index (κ3) is 6.11. The van der Waals surface area contributed by atoms with Gasteiger partial charge in [-0.15, -0.1) is 0 Å². The summed E-state index contributed by atoms with van der Waals surface area (Å²) in [5, 5.41) is 26.2. The van der Waals surface area contributed by atoms with Gasteiger partial charge in [0.05, 0.1) is 23.4 Å². The molecule has 0 aliphatic heterocycles. The molecule has 0 saturated carbocycles. The Bertz CT molecular complexity index is 1370. The van der Waals surface area contributed by atoms with Crippen molar-refractivity contribution in [1.29, 1.82) is 0 Å². The van der Waals surface area contributed by atoms with Crippen molar-refractivity contribution in [2.45, 2.75) is 25.9 Å². The maximum atomic E-state index is 13.0. The van der Waals surface area contributed by atoms with Crippen molar-refractivity contribution in [3.05, 3.63) is 83.2 Å². The van der Waals surface area contributed by atoms with Gasteiger partial charge in [-0.3, -0.25) is 14.9 Å². The number of pyridine rings is 1. The Labute approximate surface area is 212 Å². The van der Waals surface area contributed by atoms with E-state index >= 15 is 0 Å². The van der Waals surface area contributed by atoms with Crippen molar-refractivity contribution >= 4 is 23.2 Å². The van der Waals surface area contributed by atoms with E-state index in [9.17, 15) is 20.0 Å². The van der Waals surface area contributed by atoms with E-state index in [0.29, 0.717) is 30.9 Å². The number of hydrogen-bond acceptors (Lipinski definition) is 8. The van der Waals surface area contributed by atoms with Gasteiger partial charge in [0, 0.05) is 61.2 Å². The lowest BCUT2D eigenvalue weighted by Gasteiger charge is -2.11. The molecule has 0 unspecified atom stereocenters. The molecule has 0 spiro atoms. The maximum Gasteiger partial charge on any atom is 0.311 e. The molecule has 3 aromatic heterocycles. The first-order chi connectivity index (χ1) is 17.9. The number of nitrogen functional groups attached to an aromatic ring is 1. The second-order valence-electron chi connectivity index (χ2n) is 8.54. The van der Waals surface area contributed by atoms with Crippen molar-refractivity contribution in [2.75, 3.05) is 24.2 Å². The van der Waals surface area contributed by atoms with Gasteiger partial charge < -0.3 is 30.6 Å². The van der Waals surface area contributed by atoms with E-state index in [4.69, 9.17) is 5.73 Å².